The zero-order valence-corrected chi connectivity index (χ0v) is 23.1. The molecule has 0 aliphatic rings. The molecular formula is C34H34N2O6. The molecule has 42 heavy (non-hydrogen) atoms. The number of esters is 1. The van der Waals surface area contributed by atoms with E-state index in [1.54, 1.807) is 18.2 Å². The van der Waals surface area contributed by atoms with E-state index in [1.165, 1.54) is 0 Å². The van der Waals surface area contributed by atoms with Gasteiger partial charge in [0.15, 0.2) is 5.78 Å². The van der Waals surface area contributed by atoms with Crippen molar-refractivity contribution in [2.24, 2.45) is 17.4 Å². The van der Waals surface area contributed by atoms with Crippen LogP contribution in [0.5, 0.6) is 0 Å². The van der Waals surface area contributed by atoms with Gasteiger partial charge in [-0.25, -0.2) is 0 Å². The van der Waals surface area contributed by atoms with Gasteiger partial charge in [-0.2, -0.15) is 0 Å². The van der Waals surface area contributed by atoms with Crippen molar-refractivity contribution in [3.8, 4) is 0 Å². The number of carbonyl (C=O) groups excluding carboxylic acids is 3. The number of amides is 1. The summed E-state index contributed by atoms with van der Waals surface area (Å²) in [4.78, 5) is 50.5. The summed E-state index contributed by atoms with van der Waals surface area (Å²) in [5.74, 6) is -4.55. The molecule has 4 aromatic rings. The number of rotatable bonds is 14. The molecule has 216 valence electrons. The number of carbonyl (C=O) groups is 4. The Kier molecular flexibility index (Phi) is 10.2. The van der Waals surface area contributed by atoms with Gasteiger partial charge in [0.1, 0.15) is 18.1 Å². The molecule has 0 saturated heterocycles. The van der Waals surface area contributed by atoms with E-state index in [4.69, 9.17) is 16.2 Å². The fraction of sp³-hybridized carbons (Fsp3) is 0.235. The fourth-order valence-electron chi connectivity index (χ4n) is 4.95. The van der Waals surface area contributed by atoms with Crippen LogP contribution in [0.25, 0.3) is 10.8 Å². The lowest BCUT2D eigenvalue weighted by molar-refractivity contribution is -0.153. The summed E-state index contributed by atoms with van der Waals surface area (Å²) in [6.07, 6.45) is -0.595. The molecule has 0 radical (unpaired) electrons. The zero-order chi connectivity index (χ0) is 30.1. The Morgan fingerprint density at radius 2 is 1.43 bits per heavy atom. The summed E-state index contributed by atoms with van der Waals surface area (Å²) in [7, 11) is 0. The van der Waals surface area contributed by atoms with Gasteiger partial charge in [-0.15, -0.1) is 0 Å². The molecule has 0 saturated carbocycles. The Labute approximate surface area is 244 Å². The van der Waals surface area contributed by atoms with Gasteiger partial charge in [-0.05, 0) is 52.8 Å². The number of hydrogen-bond donors (Lipinski definition) is 3. The van der Waals surface area contributed by atoms with Crippen molar-refractivity contribution < 1.29 is 29.0 Å². The molecule has 0 aliphatic carbocycles. The highest BCUT2D eigenvalue weighted by Crippen LogP contribution is 2.23. The second kappa shape index (κ2) is 14.2. The Morgan fingerprint density at radius 1 is 0.738 bits per heavy atom. The number of fused-ring (bicyclic) bond motifs is 1. The topological polar surface area (TPSA) is 150 Å². The zero-order valence-electron chi connectivity index (χ0n) is 23.1. The summed E-state index contributed by atoms with van der Waals surface area (Å²) in [6.45, 7) is 0. The van der Waals surface area contributed by atoms with Crippen LogP contribution in [0, 0.1) is 5.92 Å². The van der Waals surface area contributed by atoms with Crippen LogP contribution in [0.4, 0.5) is 0 Å². The molecule has 5 N–H and O–H groups in total. The molecule has 1 amide bonds. The van der Waals surface area contributed by atoms with E-state index in [2.05, 4.69) is 0 Å². The van der Waals surface area contributed by atoms with Crippen LogP contribution >= 0.6 is 0 Å². The van der Waals surface area contributed by atoms with Crippen molar-refractivity contribution in [2.45, 2.75) is 44.2 Å². The first-order valence-corrected chi connectivity index (χ1v) is 13.8. The molecule has 0 aromatic heterocycles. The lowest BCUT2D eigenvalue weighted by atomic mass is 9.90. The molecule has 0 spiro atoms. The fourth-order valence-corrected chi connectivity index (χ4v) is 4.95. The highest BCUT2D eigenvalue weighted by Gasteiger charge is 2.32. The van der Waals surface area contributed by atoms with E-state index in [0.29, 0.717) is 12.0 Å². The molecule has 4 rings (SSSR count). The molecule has 0 heterocycles. The van der Waals surface area contributed by atoms with Gasteiger partial charge in [0.05, 0.1) is 6.42 Å². The van der Waals surface area contributed by atoms with E-state index in [0.717, 1.165) is 27.5 Å². The first kappa shape index (κ1) is 30.1. The number of hydrogen-bond acceptors (Lipinski definition) is 6. The Hall–Kier alpha value is -4.82. The average Bonchev–Trinajstić information content (AvgIpc) is 2.97. The van der Waals surface area contributed by atoms with Gasteiger partial charge >= 0.3 is 11.9 Å². The van der Waals surface area contributed by atoms with E-state index in [-0.39, 0.29) is 25.7 Å². The summed E-state index contributed by atoms with van der Waals surface area (Å²) in [5.41, 5.74) is 14.3. The molecule has 3 atom stereocenters. The maximum atomic E-state index is 13.7. The second-order valence-electron chi connectivity index (χ2n) is 10.4. The lowest BCUT2D eigenvalue weighted by Crippen LogP contribution is -2.36. The number of nitrogens with two attached hydrogens (primary N) is 2. The minimum absolute atomic E-state index is 0.115. The number of ether oxygens (including phenoxy) is 1. The van der Waals surface area contributed by atoms with Crippen LogP contribution in [-0.2, 0) is 32.0 Å². The summed E-state index contributed by atoms with van der Waals surface area (Å²) in [5, 5.41) is 11.3. The molecule has 0 bridgehead atoms. The largest absolute Gasteiger partial charge is 0.480 e. The standard InChI is InChI=1S/C34H34N2O6/c35-30(33(39)40)16-15-29(32(38)27-12-6-9-23(19-27)17-22-7-2-1-3-8-22)34(41)42-28(21-31(36)37)20-24-13-14-25-10-4-5-11-26(25)18-24/h1-14,18-19,28-30H,15-17,20-21,35H2,(H2,36,37)(H,39,40)/t28-,29+,30?/m0/s1. The monoisotopic (exact) mass is 566 g/mol. The molecule has 0 fully saturated rings. The summed E-state index contributed by atoms with van der Waals surface area (Å²) in [6, 6.07) is 29.0. The van der Waals surface area contributed by atoms with Crippen molar-refractivity contribution in [3.05, 3.63) is 119 Å². The second-order valence-corrected chi connectivity index (χ2v) is 10.4. The third-order valence-corrected chi connectivity index (χ3v) is 7.14. The van der Waals surface area contributed by atoms with E-state index in [9.17, 15) is 24.3 Å². The molecule has 8 heteroatoms. The maximum absolute atomic E-state index is 13.7. The predicted molar refractivity (Wildman–Crippen MR) is 160 cm³/mol. The van der Waals surface area contributed by atoms with Crippen molar-refractivity contribution in [1.29, 1.82) is 0 Å². The predicted octanol–water partition coefficient (Wildman–Crippen LogP) is 4.45. The number of carboxylic acids is 1. The summed E-state index contributed by atoms with van der Waals surface area (Å²) < 4.78 is 5.75. The van der Waals surface area contributed by atoms with Crippen molar-refractivity contribution in [3.63, 3.8) is 0 Å². The molecule has 0 aliphatic heterocycles. The first-order valence-electron chi connectivity index (χ1n) is 13.8. The summed E-state index contributed by atoms with van der Waals surface area (Å²) >= 11 is 0. The van der Waals surface area contributed by atoms with Crippen LogP contribution in [-0.4, -0.2) is 40.9 Å². The van der Waals surface area contributed by atoms with Crippen molar-refractivity contribution in [1.82, 2.24) is 0 Å². The number of aliphatic carboxylic acids is 1. The Morgan fingerprint density at radius 3 is 2.14 bits per heavy atom. The highest BCUT2D eigenvalue weighted by atomic mass is 16.5. The number of ketones is 1. The molecule has 8 nitrogen and oxygen atoms in total. The number of Topliss-reactive ketones (excluding diaryl/α,β-unsaturated/α-hetero) is 1. The molecule has 4 aromatic carbocycles. The lowest BCUT2D eigenvalue weighted by Gasteiger charge is -2.22. The highest BCUT2D eigenvalue weighted by molar-refractivity contribution is 6.08. The third kappa shape index (κ3) is 8.34. The van der Waals surface area contributed by atoms with Crippen molar-refractivity contribution >= 4 is 34.4 Å². The maximum Gasteiger partial charge on any atom is 0.320 e. The molecular weight excluding hydrogens is 532 g/mol. The minimum atomic E-state index is -1.31. The normalized spacial score (nSPS) is 13.2. The van der Waals surface area contributed by atoms with Crippen molar-refractivity contribution in [2.75, 3.05) is 0 Å². The van der Waals surface area contributed by atoms with Crippen LogP contribution in [0.3, 0.4) is 0 Å². The van der Waals surface area contributed by atoms with Gasteiger partial charge in [-0.1, -0.05) is 91.0 Å². The van der Waals surface area contributed by atoms with Crippen LogP contribution < -0.4 is 11.5 Å². The quantitative estimate of drug-likeness (QED) is 0.116. The first-order chi connectivity index (χ1) is 20.2. The smallest absolute Gasteiger partial charge is 0.320 e. The third-order valence-electron chi connectivity index (χ3n) is 7.14. The van der Waals surface area contributed by atoms with Crippen LogP contribution in [0.15, 0.2) is 97.1 Å². The number of primary amides is 1. The van der Waals surface area contributed by atoms with Gasteiger partial charge in [-0.3, -0.25) is 19.2 Å². The molecule has 1 unspecified atom stereocenters. The van der Waals surface area contributed by atoms with Crippen LogP contribution in [0.2, 0.25) is 0 Å². The number of carboxylic acid groups (broad SMARTS) is 1. The SMILES string of the molecule is NC(=O)C[C@H](Cc1ccc2ccccc2c1)OC(=O)[C@H](CCC(N)C(=O)O)C(=O)c1cccc(Cc2ccccc2)c1. The number of benzene rings is 4. The Balaban J connectivity index is 1.56. The van der Waals surface area contributed by atoms with E-state index in [1.807, 2.05) is 78.9 Å². The van der Waals surface area contributed by atoms with Gasteiger partial charge in [0, 0.05) is 12.0 Å². The Bertz CT molecular complexity index is 1570. The van der Waals surface area contributed by atoms with Crippen LogP contribution in [0.1, 0.15) is 46.3 Å². The minimum Gasteiger partial charge on any atom is -0.480 e. The van der Waals surface area contributed by atoms with Gasteiger partial charge < -0.3 is 21.3 Å². The van der Waals surface area contributed by atoms with E-state index >= 15 is 0 Å². The van der Waals surface area contributed by atoms with Gasteiger partial charge in [0.2, 0.25) is 5.91 Å². The van der Waals surface area contributed by atoms with E-state index < -0.39 is 41.7 Å². The van der Waals surface area contributed by atoms with Gasteiger partial charge in [0.25, 0.3) is 0 Å². The average molecular weight is 567 g/mol.